The molecule has 0 radical (unpaired) electrons. The first kappa shape index (κ1) is 15.1. The summed E-state index contributed by atoms with van der Waals surface area (Å²) < 4.78 is 15.7. The molecule has 5 nitrogen and oxygen atoms in total. The minimum absolute atomic E-state index is 0.483. The lowest BCUT2D eigenvalue weighted by atomic mass is 10.2. The quantitative estimate of drug-likeness (QED) is 0.825. The summed E-state index contributed by atoms with van der Waals surface area (Å²) in [5.74, 6) is 1.82. The Kier molecular flexibility index (Phi) is 4.65. The number of anilines is 3. The number of rotatable bonds is 5. The van der Waals surface area contributed by atoms with Gasteiger partial charge in [0.05, 0.1) is 32.0 Å². The average molecular weight is 309 g/mol. The fourth-order valence-electron chi connectivity index (χ4n) is 1.93. The van der Waals surface area contributed by atoms with Crippen LogP contribution in [0.2, 0.25) is 5.02 Å². The SMILES string of the molecule is COc1cc(N)cc(Nc2cc(Cl)c(OC)cc2OC)c1. The molecule has 2 aromatic carbocycles. The summed E-state index contributed by atoms with van der Waals surface area (Å²) >= 11 is 6.14. The van der Waals surface area contributed by atoms with E-state index in [1.165, 1.54) is 0 Å². The first-order chi connectivity index (χ1) is 10.1. The number of benzene rings is 2. The molecule has 0 aromatic heterocycles. The maximum atomic E-state index is 6.14. The number of nitrogens with two attached hydrogens (primary N) is 1. The molecule has 0 fully saturated rings. The van der Waals surface area contributed by atoms with Gasteiger partial charge in [-0.1, -0.05) is 11.6 Å². The van der Waals surface area contributed by atoms with Crippen molar-refractivity contribution in [3.63, 3.8) is 0 Å². The molecule has 0 amide bonds. The second-order valence-electron chi connectivity index (χ2n) is 4.31. The minimum Gasteiger partial charge on any atom is -0.497 e. The highest BCUT2D eigenvalue weighted by molar-refractivity contribution is 6.32. The van der Waals surface area contributed by atoms with Gasteiger partial charge in [-0.05, 0) is 12.1 Å². The van der Waals surface area contributed by atoms with Crippen LogP contribution in [0.25, 0.3) is 0 Å². The molecule has 0 saturated heterocycles. The van der Waals surface area contributed by atoms with Crippen molar-refractivity contribution >= 4 is 28.7 Å². The van der Waals surface area contributed by atoms with Crippen molar-refractivity contribution in [1.29, 1.82) is 0 Å². The summed E-state index contributed by atoms with van der Waals surface area (Å²) in [5.41, 5.74) is 7.90. The number of hydrogen-bond donors (Lipinski definition) is 2. The van der Waals surface area contributed by atoms with Crippen molar-refractivity contribution in [2.75, 3.05) is 32.4 Å². The fraction of sp³-hybridized carbons (Fsp3) is 0.200. The maximum Gasteiger partial charge on any atom is 0.146 e. The molecule has 0 aliphatic heterocycles. The Bertz CT molecular complexity index is 647. The average Bonchev–Trinajstić information content (AvgIpc) is 2.47. The van der Waals surface area contributed by atoms with Crippen LogP contribution in [0.5, 0.6) is 17.2 Å². The molecule has 0 aliphatic rings. The highest BCUT2D eigenvalue weighted by atomic mass is 35.5. The zero-order chi connectivity index (χ0) is 15.4. The van der Waals surface area contributed by atoms with E-state index in [-0.39, 0.29) is 0 Å². The third-order valence-electron chi connectivity index (χ3n) is 2.92. The van der Waals surface area contributed by atoms with E-state index in [2.05, 4.69) is 5.32 Å². The topological polar surface area (TPSA) is 65.7 Å². The van der Waals surface area contributed by atoms with Gasteiger partial charge in [0.15, 0.2) is 0 Å². The summed E-state index contributed by atoms with van der Waals surface area (Å²) in [5, 5.41) is 3.69. The van der Waals surface area contributed by atoms with Gasteiger partial charge in [-0.25, -0.2) is 0 Å². The number of hydrogen-bond acceptors (Lipinski definition) is 5. The number of nitrogens with one attached hydrogen (secondary N) is 1. The monoisotopic (exact) mass is 308 g/mol. The van der Waals surface area contributed by atoms with Crippen LogP contribution in [-0.4, -0.2) is 21.3 Å². The van der Waals surface area contributed by atoms with E-state index in [4.69, 9.17) is 31.5 Å². The molecule has 6 heteroatoms. The number of ether oxygens (including phenoxy) is 3. The lowest BCUT2D eigenvalue weighted by molar-refractivity contribution is 0.396. The van der Waals surface area contributed by atoms with Gasteiger partial charge < -0.3 is 25.3 Å². The Labute approximate surface area is 128 Å². The van der Waals surface area contributed by atoms with Crippen molar-refractivity contribution in [2.45, 2.75) is 0 Å². The van der Waals surface area contributed by atoms with E-state index in [1.807, 2.05) is 6.07 Å². The van der Waals surface area contributed by atoms with Gasteiger partial charge in [0.1, 0.15) is 17.2 Å². The van der Waals surface area contributed by atoms with Gasteiger partial charge in [-0.2, -0.15) is 0 Å². The molecule has 2 rings (SSSR count). The Morgan fingerprint density at radius 1 is 0.905 bits per heavy atom. The van der Waals surface area contributed by atoms with Gasteiger partial charge in [0.2, 0.25) is 0 Å². The maximum absolute atomic E-state index is 6.14. The van der Waals surface area contributed by atoms with Crippen molar-refractivity contribution < 1.29 is 14.2 Å². The predicted octanol–water partition coefficient (Wildman–Crippen LogP) is 3.69. The molecule has 21 heavy (non-hydrogen) atoms. The molecule has 0 spiro atoms. The Hall–Kier alpha value is -2.27. The third kappa shape index (κ3) is 3.44. The predicted molar refractivity (Wildman–Crippen MR) is 85.2 cm³/mol. The summed E-state index contributed by atoms with van der Waals surface area (Å²) in [6.45, 7) is 0. The van der Waals surface area contributed by atoms with Crippen LogP contribution in [0.4, 0.5) is 17.1 Å². The number of halogens is 1. The van der Waals surface area contributed by atoms with Gasteiger partial charge >= 0.3 is 0 Å². The molecule has 2 aromatic rings. The standard InChI is InChI=1S/C15H17ClN2O3/c1-19-11-5-9(17)4-10(6-11)18-13-7-12(16)14(20-2)8-15(13)21-3/h4-8,18H,17H2,1-3H3. The molecule has 112 valence electrons. The third-order valence-corrected chi connectivity index (χ3v) is 3.21. The Balaban J connectivity index is 2.39. The van der Waals surface area contributed by atoms with Crippen molar-refractivity contribution in [3.05, 3.63) is 35.4 Å². The van der Waals surface area contributed by atoms with E-state index in [0.29, 0.717) is 33.6 Å². The van der Waals surface area contributed by atoms with Crippen LogP contribution in [0, 0.1) is 0 Å². The lowest BCUT2D eigenvalue weighted by Gasteiger charge is -2.15. The Morgan fingerprint density at radius 3 is 2.24 bits per heavy atom. The summed E-state index contributed by atoms with van der Waals surface area (Å²) in [6, 6.07) is 8.81. The van der Waals surface area contributed by atoms with E-state index < -0.39 is 0 Å². The Morgan fingerprint density at radius 2 is 1.62 bits per heavy atom. The normalized spacial score (nSPS) is 10.1. The summed E-state index contributed by atoms with van der Waals surface area (Å²) in [6.07, 6.45) is 0. The van der Waals surface area contributed by atoms with Crippen LogP contribution < -0.4 is 25.3 Å². The molecular weight excluding hydrogens is 292 g/mol. The number of methoxy groups -OCH3 is 3. The highest BCUT2D eigenvalue weighted by Crippen LogP contribution is 2.38. The smallest absolute Gasteiger partial charge is 0.146 e. The van der Waals surface area contributed by atoms with Gasteiger partial charge in [0, 0.05) is 29.6 Å². The van der Waals surface area contributed by atoms with Crippen molar-refractivity contribution in [3.8, 4) is 17.2 Å². The molecule has 0 atom stereocenters. The molecular formula is C15H17ClN2O3. The molecule has 0 saturated carbocycles. The zero-order valence-corrected chi connectivity index (χ0v) is 12.8. The molecule has 0 aliphatic carbocycles. The molecule has 0 heterocycles. The molecule has 0 unspecified atom stereocenters. The zero-order valence-electron chi connectivity index (χ0n) is 12.1. The first-order valence-corrected chi connectivity index (χ1v) is 6.58. The number of nitrogen functional groups attached to an aromatic ring is 1. The fourth-order valence-corrected chi connectivity index (χ4v) is 2.17. The first-order valence-electron chi connectivity index (χ1n) is 6.20. The van der Waals surface area contributed by atoms with Crippen LogP contribution in [0.3, 0.4) is 0 Å². The van der Waals surface area contributed by atoms with Crippen LogP contribution in [0.1, 0.15) is 0 Å². The van der Waals surface area contributed by atoms with Crippen molar-refractivity contribution in [2.24, 2.45) is 0 Å². The second kappa shape index (κ2) is 6.45. The largest absolute Gasteiger partial charge is 0.497 e. The van der Waals surface area contributed by atoms with E-state index in [9.17, 15) is 0 Å². The van der Waals surface area contributed by atoms with E-state index >= 15 is 0 Å². The molecule has 0 bridgehead atoms. The minimum atomic E-state index is 0.483. The van der Waals surface area contributed by atoms with E-state index in [0.717, 1.165) is 5.69 Å². The van der Waals surface area contributed by atoms with Crippen LogP contribution in [-0.2, 0) is 0 Å². The second-order valence-corrected chi connectivity index (χ2v) is 4.71. The van der Waals surface area contributed by atoms with Crippen LogP contribution in [0.15, 0.2) is 30.3 Å². The van der Waals surface area contributed by atoms with Gasteiger partial charge in [-0.15, -0.1) is 0 Å². The summed E-state index contributed by atoms with van der Waals surface area (Å²) in [7, 11) is 4.72. The summed E-state index contributed by atoms with van der Waals surface area (Å²) in [4.78, 5) is 0. The van der Waals surface area contributed by atoms with E-state index in [1.54, 1.807) is 45.6 Å². The lowest BCUT2D eigenvalue weighted by Crippen LogP contribution is -1.98. The van der Waals surface area contributed by atoms with Crippen molar-refractivity contribution in [1.82, 2.24) is 0 Å². The van der Waals surface area contributed by atoms with Gasteiger partial charge in [-0.3, -0.25) is 0 Å². The molecule has 3 N–H and O–H groups in total. The van der Waals surface area contributed by atoms with Crippen LogP contribution >= 0.6 is 11.6 Å². The highest BCUT2D eigenvalue weighted by Gasteiger charge is 2.11. The van der Waals surface area contributed by atoms with Gasteiger partial charge in [0.25, 0.3) is 0 Å².